The fraction of sp³-hybridized carbons (Fsp3) is 0.217. The topological polar surface area (TPSA) is 151 Å². The van der Waals surface area contributed by atoms with E-state index in [1.807, 2.05) is 0 Å². The van der Waals surface area contributed by atoms with Crippen LogP contribution in [0.5, 0.6) is 0 Å². The summed E-state index contributed by atoms with van der Waals surface area (Å²) >= 11 is 0. The number of benzene rings is 2. The van der Waals surface area contributed by atoms with Crippen molar-refractivity contribution in [3.8, 4) is 0 Å². The zero-order chi connectivity index (χ0) is 24.8. The molecule has 34 heavy (non-hydrogen) atoms. The van der Waals surface area contributed by atoms with Gasteiger partial charge in [-0.1, -0.05) is 0 Å². The molecule has 2 aromatic rings. The van der Waals surface area contributed by atoms with Crippen LogP contribution in [-0.2, 0) is 19.1 Å². The quantitative estimate of drug-likeness (QED) is 0.348. The summed E-state index contributed by atoms with van der Waals surface area (Å²) in [5.41, 5.74) is 1.54. The Bertz CT molecular complexity index is 1100. The lowest BCUT2D eigenvalue weighted by Crippen LogP contribution is -2.27. The number of carbonyl (C=O) groups excluding carboxylic acids is 2. The van der Waals surface area contributed by atoms with Crippen molar-refractivity contribution < 1.29 is 28.9 Å². The molecule has 0 amide bonds. The predicted molar refractivity (Wildman–Crippen MR) is 121 cm³/mol. The number of hydrogen-bond acceptors (Lipinski definition) is 9. The van der Waals surface area contributed by atoms with Gasteiger partial charge in [-0.05, 0) is 49.2 Å². The van der Waals surface area contributed by atoms with E-state index in [1.165, 1.54) is 48.5 Å². The van der Waals surface area contributed by atoms with Crippen molar-refractivity contribution in [2.45, 2.75) is 20.3 Å². The van der Waals surface area contributed by atoms with Gasteiger partial charge in [0.05, 0.1) is 45.6 Å². The maximum atomic E-state index is 12.8. The number of dihydropyridines is 1. The Hall–Kier alpha value is -4.54. The van der Waals surface area contributed by atoms with E-state index in [4.69, 9.17) is 9.47 Å². The van der Waals surface area contributed by atoms with Gasteiger partial charge in [0.2, 0.25) is 0 Å². The number of esters is 2. The van der Waals surface area contributed by atoms with Gasteiger partial charge in [0.15, 0.2) is 0 Å². The van der Waals surface area contributed by atoms with Crippen LogP contribution in [0.15, 0.2) is 59.7 Å². The van der Waals surface area contributed by atoms with Gasteiger partial charge in [0.25, 0.3) is 11.4 Å². The minimum Gasteiger partial charge on any atom is -0.463 e. The van der Waals surface area contributed by atoms with Gasteiger partial charge < -0.3 is 14.8 Å². The highest BCUT2D eigenvalue weighted by Gasteiger charge is 2.31. The number of nitro groups is 2. The summed E-state index contributed by atoms with van der Waals surface area (Å²) in [6, 6.07) is 11.1. The first-order valence-electron chi connectivity index (χ1n) is 10.3. The van der Waals surface area contributed by atoms with Crippen LogP contribution >= 0.6 is 0 Å². The van der Waals surface area contributed by atoms with Crippen LogP contribution in [0.25, 0.3) is 11.4 Å². The number of hydrogen-bond donors (Lipinski definition) is 1. The second-order valence-electron chi connectivity index (χ2n) is 7.06. The lowest BCUT2D eigenvalue weighted by atomic mass is 9.91. The Labute approximate surface area is 194 Å². The van der Waals surface area contributed by atoms with Crippen LogP contribution < -0.4 is 5.32 Å². The molecule has 0 atom stereocenters. The summed E-state index contributed by atoms with van der Waals surface area (Å²) in [7, 11) is 0. The van der Waals surface area contributed by atoms with E-state index in [0.717, 1.165) is 0 Å². The van der Waals surface area contributed by atoms with Crippen molar-refractivity contribution in [3.63, 3.8) is 0 Å². The maximum absolute atomic E-state index is 12.8. The molecule has 11 nitrogen and oxygen atoms in total. The zero-order valence-electron chi connectivity index (χ0n) is 18.4. The highest BCUT2D eigenvalue weighted by atomic mass is 16.6. The van der Waals surface area contributed by atoms with E-state index >= 15 is 0 Å². The van der Waals surface area contributed by atoms with E-state index in [9.17, 15) is 29.8 Å². The summed E-state index contributed by atoms with van der Waals surface area (Å²) in [6.07, 6.45) is -0.136. The van der Waals surface area contributed by atoms with E-state index < -0.39 is 21.8 Å². The van der Waals surface area contributed by atoms with Crippen molar-refractivity contribution >= 4 is 34.7 Å². The van der Waals surface area contributed by atoms with E-state index in [0.29, 0.717) is 22.5 Å². The second-order valence-corrected chi connectivity index (χ2v) is 7.06. The first-order chi connectivity index (χ1) is 16.3. The Morgan fingerprint density at radius 1 is 0.765 bits per heavy atom. The monoisotopic (exact) mass is 467 g/mol. The molecule has 0 saturated heterocycles. The molecule has 0 bridgehead atoms. The van der Waals surface area contributed by atoms with Crippen molar-refractivity contribution in [2.24, 2.45) is 0 Å². The number of nitrogens with zero attached hydrogens (tertiary/aromatic N) is 2. The molecule has 0 saturated carbocycles. The van der Waals surface area contributed by atoms with Crippen LogP contribution in [0.2, 0.25) is 0 Å². The average Bonchev–Trinajstić information content (AvgIpc) is 2.83. The molecular formula is C23H21N3O8. The first kappa shape index (κ1) is 24.1. The number of non-ortho nitro benzene ring substituents is 2. The Balaban J connectivity index is 2.14. The molecule has 0 unspecified atom stereocenters. The van der Waals surface area contributed by atoms with Crippen LogP contribution in [0.3, 0.4) is 0 Å². The van der Waals surface area contributed by atoms with E-state index in [1.54, 1.807) is 13.8 Å². The van der Waals surface area contributed by atoms with Crippen LogP contribution in [0.4, 0.5) is 11.4 Å². The van der Waals surface area contributed by atoms with Gasteiger partial charge in [-0.15, -0.1) is 0 Å². The van der Waals surface area contributed by atoms with Gasteiger partial charge >= 0.3 is 11.9 Å². The molecule has 1 aliphatic heterocycles. The molecule has 3 rings (SSSR count). The SMILES string of the molecule is CCOC(=O)C1=C(c2ccc([N+](=O)[O-])cc2)NC(c2ccc([N+](=O)[O-])cc2)=C(C(=O)OCC)C1. The number of nitrogens with one attached hydrogen (secondary N) is 1. The minimum absolute atomic E-state index is 0.101. The third-order valence-electron chi connectivity index (χ3n) is 4.98. The van der Waals surface area contributed by atoms with Gasteiger partial charge in [-0.25, -0.2) is 9.59 Å². The zero-order valence-corrected chi connectivity index (χ0v) is 18.4. The molecule has 0 spiro atoms. The Morgan fingerprint density at radius 2 is 1.12 bits per heavy atom. The standard InChI is InChI=1S/C23H21N3O8/c1-3-33-22(27)18-13-19(23(28)34-4-2)21(15-7-11-17(12-8-15)26(31)32)24-20(18)14-5-9-16(10-6-14)25(29)30/h5-12,24H,3-4,13H2,1-2H3. The number of carbonyl (C=O) groups is 2. The summed E-state index contributed by atoms with van der Waals surface area (Å²) < 4.78 is 10.3. The molecular weight excluding hydrogens is 446 g/mol. The summed E-state index contributed by atoms with van der Waals surface area (Å²) in [5.74, 6) is -1.32. The van der Waals surface area contributed by atoms with Gasteiger partial charge in [0.1, 0.15) is 0 Å². The summed E-state index contributed by atoms with van der Waals surface area (Å²) in [4.78, 5) is 46.5. The normalized spacial score (nSPS) is 13.2. The van der Waals surface area contributed by atoms with E-state index in [2.05, 4.69) is 5.32 Å². The fourth-order valence-electron chi connectivity index (χ4n) is 3.41. The minimum atomic E-state index is -0.659. The summed E-state index contributed by atoms with van der Waals surface area (Å²) in [5, 5.41) is 25.2. The van der Waals surface area contributed by atoms with Crippen LogP contribution in [0.1, 0.15) is 31.4 Å². The van der Waals surface area contributed by atoms with Crippen molar-refractivity contribution in [2.75, 3.05) is 13.2 Å². The van der Waals surface area contributed by atoms with Crippen molar-refractivity contribution in [1.82, 2.24) is 5.32 Å². The first-order valence-corrected chi connectivity index (χ1v) is 10.3. The highest BCUT2D eigenvalue weighted by Crippen LogP contribution is 2.35. The molecule has 1 heterocycles. The fourth-order valence-corrected chi connectivity index (χ4v) is 3.41. The molecule has 1 N–H and O–H groups in total. The van der Waals surface area contributed by atoms with Gasteiger partial charge in [-0.2, -0.15) is 0 Å². The van der Waals surface area contributed by atoms with Crippen molar-refractivity contribution in [1.29, 1.82) is 0 Å². The third kappa shape index (κ3) is 5.09. The van der Waals surface area contributed by atoms with Crippen molar-refractivity contribution in [3.05, 3.63) is 91.0 Å². The largest absolute Gasteiger partial charge is 0.463 e. The Kier molecular flexibility index (Phi) is 7.36. The number of nitro benzene ring substituents is 2. The number of ether oxygens (including phenoxy) is 2. The maximum Gasteiger partial charge on any atom is 0.336 e. The molecule has 0 aliphatic carbocycles. The van der Waals surface area contributed by atoms with Gasteiger partial charge in [0, 0.05) is 30.7 Å². The lowest BCUT2D eigenvalue weighted by Gasteiger charge is -2.26. The molecule has 2 aromatic carbocycles. The molecule has 0 radical (unpaired) electrons. The lowest BCUT2D eigenvalue weighted by molar-refractivity contribution is -0.385. The molecule has 0 fully saturated rings. The Morgan fingerprint density at radius 3 is 1.41 bits per heavy atom. The highest BCUT2D eigenvalue weighted by molar-refractivity contribution is 6.07. The molecule has 1 aliphatic rings. The smallest absolute Gasteiger partial charge is 0.336 e. The predicted octanol–water partition coefficient (Wildman–Crippen LogP) is 3.74. The molecule has 0 aromatic heterocycles. The molecule has 176 valence electrons. The second kappa shape index (κ2) is 10.4. The van der Waals surface area contributed by atoms with E-state index in [-0.39, 0.29) is 42.2 Å². The van der Waals surface area contributed by atoms with Gasteiger partial charge in [-0.3, -0.25) is 20.2 Å². The molecule has 11 heteroatoms. The summed E-state index contributed by atoms with van der Waals surface area (Å²) in [6.45, 7) is 3.49. The average molecular weight is 467 g/mol. The number of rotatable bonds is 8. The third-order valence-corrected chi connectivity index (χ3v) is 4.98. The van der Waals surface area contributed by atoms with Crippen LogP contribution in [0, 0.1) is 20.2 Å². The van der Waals surface area contributed by atoms with Crippen LogP contribution in [-0.4, -0.2) is 35.0 Å².